The highest BCUT2D eigenvalue weighted by atomic mass is 32.2. The molecule has 0 saturated carbocycles. The molecule has 1 aliphatic rings. The third kappa shape index (κ3) is 2.34. The maximum Gasteiger partial charge on any atom is 0.101 e. The third-order valence-electron chi connectivity index (χ3n) is 3.37. The normalized spacial score (nSPS) is 24.4. The first-order valence-corrected chi connectivity index (χ1v) is 6.86. The number of benzene rings is 1. The van der Waals surface area contributed by atoms with Crippen molar-refractivity contribution in [3.8, 4) is 6.07 Å². The summed E-state index contributed by atoms with van der Waals surface area (Å²) in [6.07, 6.45) is 0. The van der Waals surface area contributed by atoms with E-state index in [9.17, 15) is 0 Å². The summed E-state index contributed by atoms with van der Waals surface area (Å²) >= 11 is 2.01. The number of nitrogens with two attached hydrogens (primary N) is 1. The molecule has 2 rings (SSSR count). The van der Waals surface area contributed by atoms with E-state index >= 15 is 0 Å². The van der Waals surface area contributed by atoms with Crippen LogP contribution in [0.25, 0.3) is 0 Å². The van der Waals surface area contributed by atoms with Crippen LogP contribution in [0.5, 0.6) is 0 Å². The molecule has 0 spiro atoms. The number of hydrogen-bond acceptors (Lipinski definition) is 4. The summed E-state index contributed by atoms with van der Waals surface area (Å²) < 4.78 is 0. The molecule has 90 valence electrons. The van der Waals surface area contributed by atoms with Crippen molar-refractivity contribution >= 4 is 23.1 Å². The maximum atomic E-state index is 9.01. The van der Waals surface area contributed by atoms with E-state index in [0.29, 0.717) is 22.5 Å². The van der Waals surface area contributed by atoms with Gasteiger partial charge >= 0.3 is 0 Å². The fraction of sp³-hybridized carbons (Fsp3) is 0.462. The van der Waals surface area contributed by atoms with Crippen molar-refractivity contribution in [2.45, 2.75) is 25.1 Å². The summed E-state index contributed by atoms with van der Waals surface area (Å²) in [7, 11) is 0. The van der Waals surface area contributed by atoms with Crippen molar-refractivity contribution in [2.75, 3.05) is 22.9 Å². The summed E-state index contributed by atoms with van der Waals surface area (Å²) in [5.41, 5.74) is 7.98. The fourth-order valence-corrected chi connectivity index (χ4v) is 3.22. The van der Waals surface area contributed by atoms with Crippen LogP contribution in [0, 0.1) is 11.3 Å². The monoisotopic (exact) mass is 247 g/mol. The van der Waals surface area contributed by atoms with Gasteiger partial charge in [0.25, 0.3) is 0 Å². The van der Waals surface area contributed by atoms with Gasteiger partial charge in [-0.25, -0.2) is 0 Å². The van der Waals surface area contributed by atoms with E-state index in [0.717, 1.165) is 18.0 Å². The minimum atomic E-state index is 0.490. The quantitative estimate of drug-likeness (QED) is 0.775. The number of nitrogens with zero attached hydrogens (tertiary/aromatic N) is 2. The van der Waals surface area contributed by atoms with Gasteiger partial charge in [-0.15, -0.1) is 0 Å². The van der Waals surface area contributed by atoms with Gasteiger partial charge < -0.3 is 10.6 Å². The molecule has 1 heterocycles. The summed E-state index contributed by atoms with van der Waals surface area (Å²) in [4.78, 5) is 2.36. The summed E-state index contributed by atoms with van der Waals surface area (Å²) in [6, 6.07) is 8.37. The molecule has 2 atom stereocenters. The van der Waals surface area contributed by atoms with Crippen LogP contribution in [0.15, 0.2) is 18.2 Å². The Morgan fingerprint density at radius 3 is 2.94 bits per heavy atom. The largest absolute Gasteiger partial charge is 0.398 e. The molecule has 1 aliphatic heterocycles. The predicted molar refractivity (Wildman–Crippen MR) is 74.3 cm³/mol. The molecule has 17 heavy (non-hydrogen) atoms. The molecule has 4 heteroatoms. The lowest BCUT2D eigenvalue weighted by Gasteiger charge is -2.39. The smallest absolute Gasteiger partial charge is 0.101 e. The fourth-order valence-electron chi connectivity index (χ4n) is 2.12. The second-order valence-electron chi connectivity index (χ2n) is 4.39. The summed E-state index contributed by atoms with van der Waals surface area (Å²) in [6.45, 7) is 5.52. The van der Waals surface area contributed by atoms with Crippen LogP contribution < -0.4 is 10.6 Å². The van der Waals surface area contributed by atoms with E-state index in [1.165, 1.54) is 0 Å². The molecule has 1 fully saturated rings. The van der Waals surface area contributed by atoms with E-state index in [-0.39, 0.29) is 0 Å². The van der Waals surface area contributed by atoms with Crippen molar-refractivity contribution < 1.29 is 0 Å². The first-order chi connectivity index (χ1) is 8.13. The van der Waals surface area contributed by atoms with E-state index in [1.54, 1.807) is 0 Å². The Morgan fingerprint density at radius 2 is 2.24 bits per heavy atom. The van der Waals surface area contributed by atoms with Crippen LogP contribution in [0.1, 0.15) is 19.4 Å². The van der Waals surface area contributed by atoms with Gasteiger partial charge in [-0.3, -0.25) is 0 Å². The Kier molecular flexibility index (Phi) is 3.49. The van der Waals surface area contributed by atoms with Crippen LogP contribution in [0.2, 0.25) is 0 Å². The number of nitrogen functional groups attached to an aromatic ring is 1. The molecule has 2 N–H and O–H groups in total. The van der Waals surface area contributed by atoms with Gasteiger partial charge in [-0.05, 0) is 25.1 Å². The number of rotatable bonds is 1. The minimum absolute atomic E-state index is 0.490. The van der Waals surface area contributed by atoms with Crippen LogP contribution in [-0.4, -0.2) is 23.6 Å². The number of hydrogen-bond donors (Lipinski definition) is 1. The molecule has 3 nitrogen and oxygen atoms in total. The van der Waals surface area contributed by atoms with Crippen molar-refractivity contribution in [2.24, 2.45) is 0 Å². The molecule has 0 amide bonds. The maximum absolute atomic E-state index is 9.01. The first kappa shape index (κ1) is 12.1. The molecule has 0 radical (unpaired) electrons. The van der Waals surface area contributed by atoms with E-state index in [2.05, 4.69) is 24.8 Å². The van der Waals surface area contributed by atoms with Gasteiger partial charge in [0, 0.05) is 35.0 Å². The van der Waals surface area contributed by atoms with Gasteiger partial charge in [-0.1, -0.05) is 6.92 Å². The van der Waals surface area contributed by atoms with Crippen molar-refractivity contribution in [1.82, 2.24) is 0 Å². The van der Waals surface area contributed by atoms with E-state index < -0.39 is 0 Å². The lowest BCUT2D eigenvalue weighted by molar-refractivity contribution is 0.627. The topological polar surface area (TPSA) is 53.0 Å². The van der Waals surface area contributed by atoms with Gasteiger partial charge in [0.15, 0.2) is 0 Å². The predicted octanol–water partition coefficient (Wildman–Crippen LogP) is 2.47. The Labute approximate surface area is 107 Å². The first-order valence-electron chi connectivity index (χ1n) is 5.81. The molecule has 1 saturated heterocycles. The number of anilines is 2. The van der Waals surface area contributed by atoms with Crippen molar-refractivity contribution in [1.29, 1.82) is 5.26 Å². The Hall–Kier alpha value is -1.34. The van der Waals surface area contributed by atoms with Crippen LogP contribution in [0.3, 0.4) is 0 Å². The average Bonchev–Trinajstić information content (AvgIpc) is 2.34. The molecular formula is C13H17N3S. The second kappa shape index (κ2) is 4.89. The molecule has 0 bridgehead atoms. The lowest BCUT2D eigenvalue weighted by atomic mass is 10.1. The number of thioether (sulfide) groups is 1. The van der Waals surface area contributed by atoms with Crippen LogP contribution >= 0.6 is 11.8 Å². The number of nitriles is 1. The Bertz CT molecular complexity index is 452. The minimum Gasteiger partial charge on any atom is -0.398 e. The summed E-state index contributed by atoms with van der Waals surface area (Å²) in [5.74, 6) is 1.14. The van der Waals surface area contributed by atoms with E-state index in [1.807, 2.05) is 30.0 Å². The lowest BCUT2D eigenvalue weighted by Crippen LogP contribution is -2.44. The molecule has 1 aromatic carbocycles. The molecule has 2 unspecified atom stereocenters. The Balaban J connectivity index is 2.31. The zero-order chi connectivity index (χ0) is 12.4. The summed E-state index contributed by atoms with van der Waals surface area (Å²) in [5, 5.41) is 9.62. The van der Waals surface area contributed by atoms with E-state index in [4.69, 9.17) is 11.0 Å². The average molecular weight is 247 g/mol. The molecule has 1 aromatic rings. The van der Waals surface area contributed by atoms with Crippen LogP contribution in [-0.2, 0) is 0 Å². The highest BCUT2D eigenvalue weighted by molar-refractivity contribution is 8.00. The van der Waals surface area contributed by atoms with Crippen molar-refractivity contribution in [3.63, 3.8) is 0 Å². The zero-order valence-corrected chi connectivity index (χ0v) is 11.0. The molecular weight excluding hydrogens is 230 g/mol. The van der Waals surface area contributed by atoms with Gasteiger partial charge in [-0.2, -0.15) is 17.0 Å². The SMILES string of the molecule is CC1SCCN(c2ccc(N)c(C#N)c2)C1C. The van der Waals surface area contributed by atoms with Crippen molar-refractivity contribution in [3.05, 3.63) is 23.8 Å². The third-order valence-corrected chi connectivity index (χ3v) is 4.71. The molecule has 0 aliphatic carbocycles. The van der Waals surface area contributed by atoms with Gasteiger partial charge in [0.2, 0.25) is 0 Å². The molecule has 0 aromatic heterocycles. The zero-order valence-electron chi connectivity index (χ0n) is 10.2. The second-order valence-corrected chi connectivity index (χ2v) is 5.88. The van der Waals surface area contributed by atoms with Gasteiger partial charge in [0.1, 0.15) is 6.07 Å². The van der Waals surface area contributed by atoms with Gasteiger partial charge in [0.05, 0.1) is 5.56 Å². The highest BCUT2D eigenvalue weighted by Crippen LogP contribution is 2.30. The Morgan fingerprint density at radius 1 is 1.47 bits per heavy atom. The highest BCUT2D eigenvalue weighted by Gasteiger charge is 2.25. The standard InChI is InChI=1S/C13H17N3S/c1-9-10(2)17-6-5-16(9)12-3-4-13(15)11(7-12)8-14/h3-4,7,9-10H,5-6,15H2,1-2H3. The van der Waals surface area contributed by atoms with Crippen LogP contribution in [0.4, 0.5) is 11.4 Å².